The van der Waals surface area contributed by atoms with Gasteiger partial charge in [0.1, 0.15) is 16.8 Å². The predicted octanol–water partition coefficient (Wildman–Crippen LogP) is 5.57. The highest BCUT2D eigenvalue weighted by Crippen LogP contribution is 2.29. The van der Waals surface area contributed by atoms with Crippen LogP contribution in [0.5, 0.6) is 0 Å². The van der Waals surface area contributed by atoms with Gasteiger partial charge in [0, 0.05) is 36.6 Å². The molecule has 0 saturated heterocycles. The molecule has 1 aliphatic heterocycles. The van der Waals surface area contributed by atoms with Crippen LogP contribution in [0.2, 0.25) is 0 Å². The minimum Gasteiger partial charge on any atom is -0.444 e. The molecule has 42 heavy (non-hydrogen) atoms. The Kier molecular flexibility index (Phi) is 7.34. The number of halogens is 1. The lowest BCUT2D eigenvalue weighted by Gasteiger charge is -2.31. The van der Waals surface area contributed by atoms with E-state index >= 15 is 0 Å². The zero-order valence-corrected chi connectivity index (χ0v) is 25.0. The molecule has 2 aromatic carbocycles. The normalized spacial score (nSPS) is 13.9. The number of aliphatic hydroxyl groups is 1. The summed E-state index contributed by atoms with van der Waals surface area (Å²) in [5.74, 6) is -0.257. The van der Waals surface area contributed by atoms with Gasteiger partial charge in [0.05, 0.1) is 11.3 Å². The maximum atomic E-state index is 14.6. The molecule has 0 saturated carbocycles. The molecule has 3 heterocycles. The van der Waals surface area contributed by atoms with Crippen LogP contribution in [0, 0.1) is 5.82 Å². The van der Waals surface area contributed by atoms with Crippen molar-refractivity contribution in [3.8, 4) is 5.69 Å². The number of rotatable bonds is 5. The van der Waals surface area contributed by atoms with Crippen molar-refractivity contribution in [3.05, 3.63) is 75.5 Å². The first-order chi connectivity index (χ1) is 19.6. The highest BCUT2D eigenvalue weighted by molar-refractivity contribution is 5.77. The Balaban J connectivity index is 1.49. The van der Waals surface area contributed by atoms with Crippen LogP contribution >= 0.6 is 0 Å². The van der Waals surface area contributed by atoms with Crippen molar-refractivity contribution in [2.75, 3.05) is 11.9 Å². The average molecular weight is 577 g/mol. The number of hydrogen-bond acceptors (Lipinski definition) is 7. The van der Waals surface area contributed by atoms with E-state index in [9.17, 15) is 19.1 Å². The first-order valence-corrected chi connectivity index (χ1v) is 14.0. The first kappa shape index (κ1) is 29.2. The molecular weight excluding hydrogens is 539 g/mol. The number of nitrogens with zero attached hydrogens (tertiary/aromatic N) is 5. The summed E-state index contributed by atoms with van der Waals surface area (Å²) in [6.07, 6.45) is 1.83. The molecule has 11 heteroatoms. The molecule has 0 radical (unpaired) electrons. The molecule has 1 aliphatic rings. The van der Waals surface area contributed by atoms with Gasteiger partial charge < -0.3 is 20.1 Å². The molecule has 2 N–H and O–H groups in total. The number of benzene rings is 2. The van der Waals surface area contributed by atoms with E-state index in [1.807, 2.05) is 52.8 Å². The smallest absolute Gasteiger partial charge is 0.410 e. The summed E-state index contributed by atoms with van der Waals surface area (Å²) < 4.78 is 23.3. The van der Waals surface area contributed by atoms with E-state index < -0.39 is 17.0 Å². The van der Waals surface area contributed by atoms with Crippen LogP contribution in [-0.4, -0.2) is 47.6 Å². The fourth-order valence-corrected chi connectivity index (χ4v) is 5.13. The van der Waals surface area contributed by atoms with E-state index in [-0.39, 0.29) is 29.2 Å². The number of anilines is 2. The molecule has 0 bridgehead atoms. The number of fused-ring (bicyclic) bond motifs is 2. The summed E-state index contributed by atoms with van der Waals surface area (Å²) in [5, 5.41) is 14.1. The van der Waals surface area contributed by atoms with E-state index in [1.165, 1.54) is 32.2 Å². The lowest BCUT2D eigenvalue weighted by molar-refractivity contribution is 0.0224. The van der Waals surface area contributed by atoms with Gasteiger partial charge in [-0.2, -0.15) is 4.98 Å². The van der Waals surface area contributed by atoms with Gasteiger partial charge in [-0.1, -0.05) is 6.07 Å². The molecule has 4 aromatic rings. The van der Waals surface area contributed by atoms with E-state index in [2.05, 4.69) is 10.3 Å². The summed E-state index contributed by atoms with van der Waals surface area (Å²) in [5.41, 5.74) is 1.60. The molecule has 1 amide bonds. The standard InChI is InChI=1S/C31H37FN6O4/c1-18(2)37-27(39)23-16-33-28(35-26(23)38(37)22-10-11-25(32)24(15-22)31(6,7)41)34-21-9-8-20-17-36(13-12-19(20)14-21)29(40)42-30(3,4)5/h8-11,14-16,18,41H,12-13,17H2,1-7H3,(H,33,34,35). The Morgan fingerprint density at radius 3 is 2.50 bits per heavy atom. The maximum Gasteiger partial charge on any atom is 0.410 e. The molecular formula is C31H37FN6O4. The number of carbonyl (C=O) groups excluding carboxylic acids is 1. The van der Waals surface area contributed by atoms with E-state index in [0.717, 1.165) is 16.8 Å². The molecule has 0 aliphatic carbocycles. The van der Waals surface area contributed by atoms with Crippen molar-refractivity contribution in [2.45, 2.75) is 78.7 Å². The number of ether oxygens (including phenoxy) is 1. The van der Waals surface area contributed by atoms with Gasteiger partial charge in [0.25, 0.3) is 5.56 Å². The zero-order valence-electron chi connectivity index (χ0n) is 25.0. The summed E-state index contributed by atoms with van der Waals surface area (Å²) in [7, 11) is 0. The molecule has 5 rings (SSSR count). The van der Waals surface area contributed by atoms with Crippen molar-refractivity contribution in [2.24, 2.45) is 0 Å². The van der Waals surface area contributed by atoms with Gasteiger partial charge >= 0.3 is 6.09 Å². The topological polar surface area (TPSA) is 115 Å². The highest BCUT2D eigenvalue weighted by atomic mass is 19.1. The Hall–Kier alpha value is -4.25. The van der Waals surface area contributed by atoms with Crippen LogP contribution in [0.1, 0.15) is 71.2 Å². The largest absolute Gasteiger partial charge is 0.444 e. The second-order valence-corrected chi connectivity index (χ2v) is 12.5. The fourth-order valence-electron chi connectivity index (χ4n) is 5.13. The van der Waals surface area contributed by atoms with Crippen LogP contribution in [0.3, 0.4) is 0 Å². The van der Waals surface area contributed by atoms with Gasteiger partial charge in [0.2, 0.25) is 5.95 Å². The lowest BCUT2D eigenvalue weighted by atomic mass is 9.97. The van der Waals surface area contributed by atoms with Gasteiger partial charge in [-0.25, -0.2) is 23.5 Å². The maximum absolute atomic E-state index is 14.6. The zero-order chi connectivity index (χ0) is 30.6. The second kappa shape index (κ2) is 10.5. The number of carbonyl (C=O) groups is 1. The predicted molar refractivity (Wildman–Crippen MR) is 159 cm³/mol. The summed E-state index contributed by atoms with van der Waals surface area (Å²) >= 11 is 0. The number of hydrogen-bond donors (Lipinski definition) is 2. The van der Waals surface area contributed by atoms with Crippen LogP contribution in [0.25, 0.3) is 16.7 Å². The number of nitrogens with one attached hydrogen (secondary N) is 1. The Labute approximate surface area is 243 Å². The van der Waals surface area contributed by atoms with Gasteiger partial charge in [0.15, 0.2) is 5.65 Å². The van der Waals surface area contributed by atoms with Crippen LogP contribution < -0.4 is 10.9 Å². The highest BCUT2D eigenvalue weighted by Gasteiger charge is 2.27. The van der Waals surface area contributed by atoms with E-state index in [0.29, 0.717) is 36.2 Å². The van der Waals surface area contributed by atoms with Crippen molar-refractivity contribution in [1.82, 2.24) is 24.2 Å². The second-order valence-electron chi connectivity index (χ2n) is 12.5. The SMILES string of the molecule is CC(C)n1c(=O)c2cnc(Nc3ccc4c(c3)CCN(C(=O)OC(C)(C)C)C4)nc2n1-c1ccc(F)c(C(C)(C)O)c1. The molecule has 0 atom stereocenters. The first-order valence-electron chi connectivity index (χ1n) is 14.0. The minimum atomic E-state index is -1.43. The molecule has 222 valence electrons. The average Bonchev–Trinajstić information content (AvgIpc) is 3.18. The fraction of sp³-hybridized carbons (Fsp3) is 0.419. The van der Waals surface area contributed by atoms with Crippen molar-refractivity contribution >= 4 is 28.8 Å². The Morgan fingerprint density at radius 1 is 1.10 bits per heavy atom. The third-order valence-electron chi connectivity index (χ3n) is 7.09. The summed E-state index contributed by atoms with van der Waals surface area (Å²) in [6, 6.07) is 10.0. The van der Waals surface area contributed by atoms with Gasteiger partial charge in [-0.05, 0) is 96.3 Å². The summed E-state index contributed by atoms with van der Waals surface area (Å²) in [6.45, 7) is 13.3. The monoisotopic (exact) mass is 576 g/mol. The van der Waals surface area contributed by atoms with Crippen LogP contribution in [0.15, 0.2) is 47.4 Å². The van der Waals surface area contributed by atoms with E-state index in [4.69, 9.17) is 9.72 Å². The summed E-state index contributed by atoms with van der Waals surface area (Å²) in [4.78, 5) is 36.7. The Morgan fingerprint density at radius 2 is 1.83 bits per heavy atom. The van der Waals surface area contributed by atoms with Crippen LogP contribution in [0.4, 0.5) is 20.8 Å². The molecule has 0 unspecified atom stereocenters. The van der Waals surface area contributed by atoms with Crippen molar-refractivity contribution in [3.63, 3.8) is 0 Å². The van der Waals surface area contributed by atoms with Gasteiger partial charge in [-0.3, -0.25) is 4.79 Å². The third kappa shape index (κ3) is 5.74. The third-order valence-corrected chi connectivity index (χ3v) is 7.09. The van der Waals surface area contributed by atoms with Crippen molar-refractivity contribution in [1.29, 1.82) is 0 Å². The van der Waals surface area contributed by atoms with Crippen molar-refractivity contribution < 1.29 is 19.0 Å². The van der Waals surface area contributed by atoms with E-state index in [1.54, 1.807) is 20.3 Å². The molecule has 0 spiro atoms. The van der Waals surface area contributed by atoms with Crippen LogP contribution in [-0.2, 0) is 23.3 Å². The quantitative estimate of drug-likeness (QED) is 0.319. The lowest BCUT2D eigenvalue weighted by Crippen LogP contribution is -2.39. The number of amides is 1. The minimum absolute atomic E-state index is 0.108. The molecule has 2 aromatic heterocycles. The molecule has 0 fully saturated rings. The number of aromatic nitrogens is 4. The van der Waals surface area contributed by atoms with Gasteiger partial charge in [-0.15, -0.1) is 0 Å². The Bertz CT molecular complexity index is 1730. The molecule has 10 nitrogen and oxygen atoms in total.